The number of rotatable bonds is 11. The number of benzene rings is 1. The van der Waals surface area contributed by atoms with Crippen LogP contribution in [0.5, 0.6) is 0 Å². The quantitative estimate of drug-likeness (QED) is 0.387. The summed E-state index contributed by atoms with van der Waals surface area (Å²) < 4.78 is 11.7. The number of unbranched alkanes of at least 4 members (excludes halogenated alkanes) is 2. The molecule has 1 saturated heterocycles. The average molecular weight is 357 g/mol. The Hall–Kier alpha value is -1.91. The Morgan fingerprint density at radius 1 is 1.23 bits per heavy atom. The predicted octanol–water partition coefficient (Wildman–Crippen LogP) is 5.52. The normalized spacial score (nSPS) is 17.3. The van der Waals surface area contributed by atoms with Crippen molar-refractivity contribution in [1.82, 2.24) is 4.90 Å². The van der Waals surface area contributed by atoms with Gasteiger partial charge in [-0.3, -0.25) is 0 Å². The van der Waals surface area contributed by atoms with Crippen molar-refractivity contribution in [1.29, 1.82) is 0 Å². The third kappa shape index (κ3) is 5.82. The number of allylic oxidation sites excluding steroid dienone is 1. The van der Waals surface area contributed by atoms with Crippen LogP contribution < -0.4 is 0 Å². The topological polar surface area (TPSA) is 38.8 Å². The number of hydrogen-bond acceptors (Lipinski definition) is 3. The molecule has 1 aliphatic rings. The van der Waals surface area contributed by atoms with Gasteiger partial charge in [-0.05, 0) is 37.6 Å². The molecule has 2 rings (SSSR count). The molecule has 1 aliphatic heterocycles. The molecule has 0 N–H and O–H groups in total. The van der Waals surface area contributed by atoms with Crippen LogP contribution in [0.25, 0.3) is 0 Å². The Bertz CT molecular complexity index is 568. The fraction of sp³-hybridized carbons (Fsp3) is 0.571. The molecule has 1 aromatic carbocycles. The van der Waals surface area contributed by atoms with Crippen molar-refractivity contribution in [3.8, 4) is 0 Å². The highest BCUT2D eigenvalue weighted by atomic mass is 16.6. The first-order valence-electron chi connectivity index (χ1n) is 10.0. The van der Waals surface area contributed by atoms with Gasteiger partial charge in [-0.1, -0.05) is 69.9 Å². The van der Waals surface area contributed by atoms with Gasteiger partial charge in [0.1, 0.15) is 6.61 Å². The fourth-order valence-corrected chi connectivity index (χ4v) is 3.33. The van der Waals surface area contributed by atoms with Crippen LogP contribution in [0.2, 0.25) is 12.6 Å². The van der Waals surface area contributed by atoms with E-state index < -0.39 is 0 Å². The summed E-state index contributed by atoms with van der Waals surface area (Å²) in [6, 6.07) is 10.2. The van der Waals surface area contributed by atoms with Gasteiger partial charge in [-0.25, -0.2) is 9.69 Å². The van der Waals surface area contributed by atoms with Crippen molar-refractivity contribution in [2.45, 2.75) is 71.6 Å². The first-order chi connectivity index (χ1) is 12.7. The molecule has 1 heterocycles. The highest BCUT2D eigenvalue weighted by Crippen LogP contribution is 2.25. The molecule has 0 aromatic heterocycles. The van der Waals surface area contributed by atoms with E-state index in [9.17, 15) is 4.79 Å². The van der Waals surface area contributed by atoms with Crippen LogP contribution >= 0.6 is 0 Å². The lowest BCUT2D eigenvalue weighted by atomic mass is 9.59. The summed E-state index contributed by atoms with van der Waals surface area (Å²) in [6.07, 6.45) is 9.01. The van der Waals surface area contributed by atoms with Gasteiger partial charge in [-0.15, -0.1) is 0 Å². The molecule has 0 saturated carbocycles. The summed E-state index contributed by atoms with van der Waals surface area (Å²) in [5.74, 6) is 0.644. The van der Waals surface area contributed by atoms with Crippen LogP contribution in [0, 0.1) is 0 Å². The van der Waals surface area contributed by atoms with Crippen molar-refractivity contribution in [3.05, 3.63) is 47.9 Å². The first kappa shape index (κ1) is 20.4. The van der Waals surface area contributed by atoms with Crippen LogP contribution in [0.3, 0.4) is 0 Å². The molecule has 1 fully saturated rings. The van der Waals surface area contributed by atoms with Crippen LogP contribution in [-0.4, -0.2) is 30.6 Å². The molecular formula is C21H32BNO3. The second-order valence-corrected chi connectivity index (χ2v) is 6.94. The average Bonchev–Trinajstić information content (AvgIpc) is 3.02. The summed E-state index contributed by atoms with van der Waals surface area (Å²) in [4.78, 5) is 14.1. The molecule has 0 spiro atoms. The molecule has 1 aromatic rings. The van der Waals surface area contributed by atoms with E-state index in [0.717, 1.165) is 44.7 Å². The maximum absolute atomic E-state index is 12.4. The number of amides is 1. The Kier molecular flexibility index (Phi) is 8.59. The monoisotopic (exact) mass is 357 g/mol. The van der Waals surface area contributed by atoms with E-state index in [0.29, 0.717) is 12.5 Å². The molecule has 1 atom stereocenters. The third-order valence-electron chi connectivity index (χ3n) is 4.81. The standard InChI is InChI=1S/C21H32BNO3/c1-4-7-14-22(15-8-5-2)26-20(6-3)23-19(17-25-21(23)24)16-18-12-10-9-11-13-18/h6,9-13,19H,4-5,7-8,14-17H2,1-3H3/b20-6-/t19-/m0/s1. The smallest absolute Gasteiger partial charge is 0.417 e. The van der Waals surface area contributed by atoms with E-state index in [4.69, 9.17) is 9.39 Å². The molecule has 0 unspecified atom stereocenters. The van der Waals surface area contributed by atoms with E-state index in [1.165, 1.54) is 5.56 Å². The number of carbonyl (C=O) groups is 1. The zero-order valence-electron chi connectivity index (χ0n) is 16.4. The third-order valence-corrected chi connectivity index (χ3v) is 4.81. The summed E-state index contributed by atoms with van der Waals surface area (Å²) >= 11 is 0. The SMILES string of the molecule is C/C=C(\OB(CCCC)CCCC)N1C(=O)OC[C@@H]1Cc1ccccc1. The van der Waals surface area contributed by atoms with Crippen LogP contribution in [0.1, 0.15) is 52.0 Å². The van der Waals surface area contributed by atoms with Crippen molar-refractivity contribution in [2.24, 2.45) is 0 Å². The van der Waals surface area contributed by atoms with Gasteiger partial charge in [0, 0.05) is 0 Å². The number of hydrogen-bond donors (Lipinski definition) is 0. The second kappa shape index (κ2) is 10.9. The van der Waals surface area contributed by atoms with Crippen LogP contribution in [-0.2, 0) is 15.8 Å². The van der Waals surface area contributed by atoms with E-state index in [1.807, 2.05) is 31.2 Å². The van der Waals surface area contributed by atoms with E-state index >= 15 is 0 Å². The van der Waals surface area contributed by atoms with Crippen molar-refractivity contribution >= 4 is 13.0 Å². The van der Waals surface area contributed by atoms with Gasteiger partial charge >= 0.3 is 13.0 Å². The maximum Gasteiger partial charge on any atom is 0.417 e. The minimum atomic E-state index is -0.302. The minimum Gasteiger partial charge on any atom is -0.549 e. The predicted molar refractivity (Wildman–Crippen MR) is 107 cm³/mol. The minimum absolute atomic E-state index is 0.0194. The summed E-state index contributed by atoms with van der Waals surface area (Å²) in [5, 5.41) is 0. The van der Waals surface area contributed by atoms with Gasteiger partial charge in [0.15, 0.2) is 5.88 Å². The van der Waals surface area contributed by atoms with Gasteiger partial charge < -0.3 is 9.39 Å². The van der Waals surface area contributed by atoms with Crippen molar-refractivity contribution in [2.75, 3.05) is 6.61 Å². The van der Waals surface area contributed by atoms with E-state index in [-0.39, 0.29) is 19.1 Å². The van der Waals surface area contributed by atoms with Crippen molar-refractivity contribution in [3.63, 3.8) is 0 Å². The molecule has 142 valence electrons. The maximum atomic E-state index is 12.4. The Morgan fingerprint density at radius 2 is 1.88 bits per heavy atom. The number of cyclic esters (lactones) is 1. The van der Waals surface area contributed by atoms with Crippen LogP contribution in [0.15, 0.2) is 42.3 Å². The molecule has 0 radical (unpaired) electrons. The molecule has 5 heteroatoms. The molecule has 1 amide bonds. The summed E-state index contributed by atoms with van der Waals surface area (Å²) in [7, 11) is 0. The summed E-state index contributed by atoms with van der Waals surface area (Å²) in [5.41, 5.74) is 1.20. The summed E-state index contributed by atoms with van der Waals surface area (Å²) in [6.45, 7) is 6.88. The van der Waals surface area contributed by atoms with Crippen molar-refractivity contribution < 1.29 is 14.2 Å². The Morgan fingerprint density at radius 3 is 2.46 bits per heavy atom. The zero-order chi connectivity index (χ0) is 18.8. The first-order valence-corrected chi connectivity index (χ1v) is 10.0. The van der Waals surface area contributed by atoms with Gasteiger partial charge in [-0.2, -0.15) is 0 Å². The highest BCUT2D eigenvalue weighted by molar-refractivity contribution is 6.52. The molecule has 0 aliphatic carbocycles. The molecule has 0 bridgehead atoms. The Balaban J connectivity index is 2.07. The van der Waals surface area contributed by atoms with Gasteiger partial charge in [0.25, 0.3) is 0 Å². The number of carbonyl (C=O) groups excluding carboxylic acids is 1. The second-order valence-electron chi connectivity index (χ2n) is 6.94. The lowest BCUT2D eigenvalue weighted by Gasteiger charge is -2.27. The van der Waals surface area contributed by atoms with E-state index in [2.05, 4.69) is 26.0 Å². The zero-order valence-corrected chi connectivity index (χ0v) is 16.4. The lowest BCUT2D eigenvalue weighted by Crippen LogP contribution is -2.37. The fourth-order valence-electron chi connectivity index (χ4n) is 3.33. The van der Waals surface area contributed by atoms with Gasteiger partial charge in [0.2, 0.25) is 0 Å². The van der Waals surface area contributed by atoms with Crippen LogP contribution in [0.4, 0.5) is 4.79 Å². The molecule has 4 nitrogen and oxygen atoms in total. The molecule has 26 heavy (non-hydrogen) atoms. The van der Waals surface area contributed by atoms with E-state index in [1.54, 1.807) is 4.90 Å². The number of ether oxygens (including phenoxy) is 1. The molecular weight excluding hydrogens is 325 g/mol. The largest absolute Gasteiger partial charge is 0.549 e. The Labute approximate surface area is 158 Å². The van der Waals surface area contributed by atoms with Gasteiger partial charge in [0.05, 0.1) is 6.04 Å². The lowest BCUT2D eigenvalue weighted by molar-refractivity contribution is 0.152. The number of nitrogens with zero attached hydrogens (tertiary/aromatic N) is 1. The highest BCUT2D eigenvalue weighted by Gasteiger charge is 2.37.